The predicted octanol–water partition coefficient (Wildman–Crippen LogP) is 4.39. The second-order valence-electron chi connectivity index (χ2n) is 10.1. The van der Waals surface area contributed by atoms with Crippen LogP contribution < -0.4 is 5.32 Å². The fourth-order valence-corrected chi connectivity index (χ4v) is 5.11. The number of benzene rings is 2. The van der Waals surface area contributed by atoms with Crippen LogP contribution in [0.25, 0.3) is 0 Å². The summed E-state index contributed by atoms with van der Waals surface area (Å²) >= 11 is 0. The zero-order valence-electron chi connectivity index (χ0n) is 22.6. The van der Waals surface area contributed by atoms with Gasteiger partial charge >= 0.3 is 5.97 Å². The summed E-state index contributed by atoms with van der Waals surface area (Å²) < 4.78 is 0. The minimum atomic E-state index is -1.08. The molecule has 0 saturated carbocycles. The van der Waals surface area contributed by atoms with Crippen molar-refractivity contribution in [3.8, 4) is 0 Å². The standard InChI is InChI=1S/C30H38N4O4/c1-4-6-15-33(16-7-5-2)29(36)26-20-32(3)27(31-26)24-13-12-22(30(37)38)18-25(24)28(35)34-17-14-21-10-8-9-11-23(21)19-34/h8-13,18,20,27,31H,4-7,14-17,19H2,1-3H3,(H,37,38). The molecular formula is C30H38N4O4. The third-order valence-electron chi connectivity index (χ3n) is 7.36. The molecule has 0 bridgehead atoms. The molecule has 1 unspecified atom stereocenters. The second kappa shape index (κ2) is 12.2. The van der Waals surface area contributed by atoms with Gasteiger partial charge in [-0.25, -0.2) is 4.79 Å². The molecule has 2 aromatic carbocycles. The van der Waals surface area contributed by atoms with Crippen molar-refractivity contribution in [2.45, 2.75) is 58.7 Å². The highest BCUT2D eigenvalue weighted by Gasteiger charge is 2.33. The van der Waals surface area contributed by atoms with E-state index in [9.17, 15) is 19.5 Å². The summed E-state index contributed by atoms with van der Waals surface area (Å²) in [6, 6.07) is 12.8. The van der Waals surface area contributed by atoms with Crippen LogP contribution in [-0.2, 0) is 17.8 Å². The fraction of sp³-hybridized carbons (Fsp3) is 0.433. The number of nitrogens with zero attached hydrogens (tertiary/aromatic N) is 3. The van der Waals surface area contributed by atoms with Gasteiger partial charge in [-0.15, -0.1) is 0 Å². The summed E-state index contributed by atoms with van der Waals surface area (Å²) in [5, 5.41) is 13.0. The van der Waals surface area contributed by atoms with E-state index in [0.29, 0.717) is 43.0 Å². The monoisotopic (exact) mass is 518 g/mol. The van der Waals surface area contributed by atoms with Crippen LogP contribution in [0.1, 0.15) is 83.1 Å². The van der Waals surface area contributed by atoms with Gasteiger partial charge in [0, 0.05) is 50.6 Å². The third kappa shape index (κ3) is 5.85. The summed E-state index contributed by atoms with van der Waals surface area (Å²) in [6.07, 6.45) is 5.97. The molecule has 38 heavy (non-hydrogen) atoms. The number of hydrogen-bond acceptors (Lipinski definition) is 5. The van der Waals surface area contributed by atoms with Crippen LogP contribution in [0.5, 0.6) is 0 Å². The Labute approximate surface area is 224 Å². The van der Waals surface area contributed by atoms with E-state index in [2.05, 4.69) is 25.2 Å². The topological polar surface area (TPSA) is 93.2 Å². The highest BCUT2D eigenvalue weighted by atomic mass is 16.4. The Morgan fingerprint density at radius 1 is 1.03 bits per heavy atom. The molecule has 0 fully saturated rings. The van der Waals surface area contributed by atoms with Crippen molar-refractivity contribution in [2.24, 2.45) is 0 Å². The smallest absolute Gasteiger partial charge is 0.335 e. The highest BCUT2D eigenvalue weighted by Crippen LogP contribution is 2.30. The molecule has 0 spiro atoms. The van der Waals surface area contributed by atoms with Gasteiger partial charge in [0.2, 0.25) is 0 Å². The number of rotatable bonds is 10. The van der Waals surface area contributed by atoms with Crippen LogP contribution >= 0.6 is 0 Å². The molecule has 8 nitrogen and oxygen atoms in total. The van der Waals surface area contributed by atoms with Gasteiger partial charge in [0.25, 0.3) is 11.8 Å². The molecule has 2 aliphatic rings. The first-order valence-electron chi connectivity index (χ1n) is 13.6. The molecule has 1 atom stereocenters. The number of carboxylic acid groups (broad SMARTS) is 1. The quantitative estimate of drug-likeness (QED) is 0.485. The largest absolute Gasteiger partial charge is 0.478 e. The number of carbonyl (C=O) groups excluding carboxylic acids is 2. The molecule has 2 amide bonds. The molecule has 202 valence electrons. The maximum absolute atomic E-state index is 13.8. The number of unbranched alkanes of at least 4 members (excludes halogenated alkanes) is 2. The maximum atomic E-state index is 13.8. The van der Waals surface area contributed by atoms with E-state index in [-0.39, 0.29) is 17.4 Å². The van der Waals surface area contributed by atoms with Crippen LogP contribution in [0.2, 0.25) is 0 Å². The number of amides is 2. The van der Waals surface area contributed by atoms with Gasteiger partial charge in [-0.3, -0.25) is 9.59 Å². The average Bonchev–Trinajstić information content (AvgIpc) is 3.32. The van der Waals surface area contributed by atoms with Gasteiger partial charge in [-0.1, -0.05) is 57.0 Å². The van der Waals surface area contributed by atoms with Crippen molar-refractivity contribution < 1.29 is 19.5 Å². The van der Waals surface area contributed by atoms with E-state index in [1.807, 2.05) is 35.0 Å². The molecule has 0 aliphatic carbocycles. The average molecular weight is 519 g/mol. The highest BCUT2D eigenvalue weighted by molar-refractivity contribution is 5.99. The molecular weight excluding hydrogens is 480 g/mol. The van der Waals surface area contributed by atoms with Crippen LogP contribution in [0.3, 0.4) is 0 Å². The zero-order chi connectivity index (χ0) is 27.2. The summed E-state index contributed by atoms with van der Waals surface area (Å²) in [5.41, 5.74) is 3.87. The lowest BCUT2D eigenvalue weighted by molar-refractivity contribution is -0.127. The Morgan fingerprint density at radius 2 is 1.71 bits per heavy atom. The third-order valence-corrected chi connectivity index (χ3v) is 7.36. The van der Waals surface area contributed by atoms with E-state index in [1.54, 1.807) is 17.2 Å². The lowest BCUT2D eigenvalue weighted by atomic mass is 9.96. The van der Waals surface area contributed by atoms with Crippen molar-refractivity contribution in [3.63, 3.8) is 0 Å². The first kappa shape index (κ1) is 27.2. The lowest BCUT2D eigenvalue weighted by Gasteiger charge is -2.31. The molecule has 2 aliphatic heterocycles. The number of nitrogens with one attached hydrogen (secondary N) is 1. The Hall–Kier alpha value is -3.81. The first-order chi connectivity index (χ1) is 18.3. The van der Waals surface area contributed by atoms with Crippen molar-refractivity contribution in [1.82, 2.24) is 20.0 Å². The maximum Gasteiger partial charge on any atom is 0.335 e. The number of hydrogen-bond donors (Lipinski definition) is 2. The van der Waals surface area contributed by atoms with Gasteiger partial charge in [-0.05, 0) is 42.5 Å². The minimum absolute atomic E-state index is 0.0519. The van der Waals surface area contributed by atoms with Gasteiger partial charge in [-0.2, -0.15) is 0 Å². The summed E-state index contributed by atoms with van der Waals surface area (Å²) in [5.74, 6) is -1.34. The lowest BCUT2D eigenvalue weighted by Crippen LogP contribution is -2.39. The Balaban J connectivity index is 1.60. The van der Waals surface area contributed by atoms with Crippen molar-refractivity contribution >= 4 is 17.8 Å². The first-order valence-corrected chi connectivity index (χ1v) is 13.6. The van der Waals surface area contributed by atoms with E-state index < -0.39 is 12.1 Å². The van der Waals surface area contributed by atoms with Crippen molar-refractivity contribution in [1.29, 1.82) is 0 Å². The molecule has 0 aromatic heterocycles. The van der Waals surface area contributed by atoms with Crippen LogP contribution in [0.15, 0.2) is 54.4 Å². The molecule has 0 saturated heterocycles. The van der Waals surface area contributed by atoms with Crippen molar-refractivity contribution in [3.05, 3.63) is 82.2 Å². The van der Waals surface area contributed by atoms with Gasteiger partial charge in [0.05, 0.1) is 5.56 Å². The SMILES string of the molecule is CCCCN(CCCC)C(=O)C1=CN(C)C(c2ccc(C(=O)O)cc2C(=O)N2CCc3ccccc3C2)N1. The van der Waals surface area contributed by atoms with Crippen LogP contribution in [0.4, 0.5) is 0 Å². The van der Waals surface area contributed by atoms with E-state index in [0.717, 1.165) is 37.7 Å². The summed E-state index contributed by atoms with van der Waals surface area (Å²) in [4.78, 5) is 44.6. The molecule has 8 heteroatoms. The van der Waals surface area contributed by atoms with E-state index >= 15 is 0 Å². The molecule has 2 heterocycles. The van der Waals surface area contributed by atoms with E-state index in [4.69, 9.17) is 0 Å². The molecule has 0 radical (unpaired) electrons. The number of carboxylic acids is 1. The van der Waals surface area contributed by atoms with E-state index in [1.165, 1.54) is 17.7 Å². The zero-order valence-corrected chi connectivity index (χ0v) is 22.6. The number of carbonyl (C=O) groups is 3. The van der Waals surface area contributed by atoms with Gasteiger partial charge < -0.3 is 25.1 Å². The van der Waals surface area contributed by atoms with Crippen molar-refractivity contribution in [2.75, 3.05) is 26.7 Å². The second-order valence-corrected chi connectivity index (χ2v) is 10.1. The Kier molecular flexibility index (Phi) is 8.71. The minimum Gasteiger partial charge on any atom is -0.478 e. The number of fused-ring (bicyclic) bond motifs is 1. The summed E-state index contributed by atoms with van der Waals surface area (Å²) in [6.45, 7) is 6.67. The molecule has 2 aromatic rings. The van der Waals surface area contributed by atoms with Crippen LogP contribution in [-0.4, -0.2) is 64.3 Å². The Bertz CT molecular complexity index is 1220. The Morgan fingerprint density at radius 3 is 2.37 bits per heavy atom. The molecule has 4 rings (SSSR count). The van der Waals surface area contributed by atoms with Gasteiger partial charge in [0.1, 0.15) is 11.9 Å². The van der Waals surface area contributed by atoms with Gasteiger partial charge in [0.15, 0.2) is 0 Å². The molecule has 2 N–H and O–H groups in total. The summed E-state index contributed by atoms with van der Waals surface area (Å²) in [7, 11) is 1.86. The predicted molar refractivity (Wildman–Crippen MR) is 146 cm³/mol. The normalized spacial score (nSPS) is 16.5. The number of aromatic carboxylic acids is 1. The van der Waals surface area contributed by atoms with Crippen LogP contribution in [0, 0.1) is 0 Å². The fourth-order valence-electron chi connectivity index (χ4n) is 5.11.